The van der Waals surface area contributed by atoms with Gasteiger partial charge in [0.15, 0.2) is 0 Å². The van der Waals surface area contributed by atoms with E-state index in [1.165, 1.54) is 4.90 Å². The largest absolute Gasteiger partial charge is 0.405 e. The van der Waals surface area contributed by atoms with E-state index in [-0.39, 0.29) is 6.54 Å². The Morgan fingerprint density at radius 3 is 2.54 bits per heavy atom. The highest BCUT2D eigenvalue weighted by Crippen LogP contribution is 2.24. The van der Waals surface area contributed by atoms with Crippen LogP contribution in [0.4, 0.5) is 13.2 Å². The number of nitrogens with zero attached hydrogens (tertiary/aromatic N) is 5. The first-order chi connectivity index (χ1) is 12.2. The molecule has 2 N–H and O–H groups in total. The van der Waals surface area contributed by atoms with Crippen molar-refractivity contribution in [1.29, 1.82) is 0 Å². The third-order valence-corrected chi connectivity index (χ3v) is 4.47. The standard InChI is InChI=1S/C15H26F3N7O/c1-11-21-22-13(24(11)3)9-23(2)10-14(26)20-8-12(15(16,17)18)25-6-4-19-5-7-25/h12,19H,4-10H2,1-3H3,(H,20,26). The Balaban J connectivity index is 1.84. The van der Waals surface area contributed by atoms with Gasteiger partial charge in [-0.1, -0.05) is 0 Å². The fourth-order valence-corrected chi connectivity index (χ4v) is 2.84. The molecule has 2 rings (SSSR count). The summed E-state index contributed by atoms with van der Waals surface area (Å²) in [6.07, 6.45) is -4.38. The van der Waals surface area contributed by atoms with Gasteiger partial charge < -0.3 is 15.2 Å². The zero-order valence-electron chi connectivity index (χ0n) is 15.3. The number of carbonyl (C=O) groups excluding carboxylic acids is 1. The summed E-state index contributed by atoms with van der Waals surface area (Å²) in [7, 11) is 3.53. The van der Waals surface area contributed by atoms with Gasteiger partial charge in [-0.3, -0.25) is 14.6 Å². The first kappa shape index (κ1) is 20.6. The molecule has 1 aliphatic heterocycles. The summed E-state index contributed by atoms with van der Waals surface area (Å²) in [6.45, 7) is 3.39. The van der Waals surface area contributed by atoms with Crippen LogP contribution in [0.25, 0.3) is 0 Å². The number of hydrogen-bond acceptors (Lipinski definition) is 6. The molecule has 0 saturated carbocycles. The van der Waals surface area contributed by atoms with Crippen LogP contribution >= 0.6 is 0 Å². The van der Waals surface area contributed by atoms with Crippen LogP contribution in [-0.4, -0.2) is 89.0 Å². The normalized spacial score (nSPS) is 17.5. The summed E-state index contributed by atoms with van der Waals surface area (Å²) in [4.78, 5) is 15.1. The fourth-order valence-electron chi connectivity index (χ4n) is 2.84. The number of amides is 1. The molecule has 1 atom stereocenters. The minimum absolute atomic E-state index is 0.0158. The molecule has 1 aromatic rings. The molecule has 1 aromatic heterocycles. The summed E-state index contributed by atoms with van der Waals surface area (Å²) in [5.41, 5.74) is 0. The average Bonchev–Trinajstić information content (AvgIpc) is 2.86. The van der Waals surface area contributed by atoms with Crippen molar-refractivity contribution in [3.05, 3.63) is 11.6 Å². The van der Waals surface area contributed by atoms with E-state index in [2.05, 4.69) is 20.8 Å². The van der Waals surface area contributed by atoms with Crippen LogP contribution in [0.1, 0.15) is 11.6 Å². The van der Waals surface area contributed by atoms with E-state index < -0.39 is 24.7 Å². The van der Waals surface area contributed by atoms with Gasteiger partial charge in [0.2, 0.25) is 5.91 Å². The second-order valence-electron chi connectivity index (χ2n) is 6.54. The second kappa shape index (κ2) is 8.78. The summed E-state index contributed by atoms with van der Waals surface area (Å²) < 4.78 is 41.7. The van der Waals surface area contributed by atoms with Crippen molar-refractivity contribution in [3.63, 3.8) is 0 Å². The maximum atomic E-state index is 13.3. The predicted molar refractivity (Wildman–Crippen MR) is 89.4 cm³/mol. The molecule has 0 spiro atoms. The molecule has 0 radical (unpaired) electrons. The van der Waals surface area contributed by atoms with Gasteiger partial charge in [0.25, 0.3) is 0 Å². The average molecular weight is 377 g/mol. The number of likely N-dealkylation sites (N-methyl/N-ethyl adjacent to an activating group) is 1. The van der Waals surface area contributed by atoms with Crippen molar-refractivity contribution >= 4 is 5.91 Å². The van der Waals surface area contributed by atoms with Crippen molar-refractivity contribution in [2.24, 2.45) is 7.05 Å². The lowest BCUT2D eigenvalue weighted by atomic mass is 10.2. The van der Waals surface area contributed by atoms with E-state index in [1.54, 1.807) is 16.5 Å². The summed E-state index contributed by atoms with van der Waals surface area (Å²) in [5, 5.41) is 13.4. The van der Waals surface area contributed by atoms with E-state index in [9.17, 15) is 18.0 Å². The number of piperazine rings is 1. The molecule has 148 valence electrons. The Bertz CT molecular complexity index is 599. The van der Waals surface area contributed by atoms with E-state index in [4.69, 9.17) is 0 Å². The Hall–Kier alpha value is -1.72. The molecular weight excluding hydrogens is 351 g/mol. The van der Waals surface area contributed by atoms with Crippen LogP contribution in [0.3, 0.4) is 0 Å². The molecule has 1 fully saturated rings. The van der Waals surface area contributed by atoms with Crippen molar-refractivity contribution in [3.8, 4) is 0 Å². The highest BCUT2D eigenvalue weighted by atomic mass is 19.4. The van der Waals surface area contributed by atoms with Gasteiger partial charge in [0, 0.05) is 39.8 Å². The Labute approximate surface area is 150 Å². The zero-order valence-corrected chi connectivity index (χ0v) is 15.3. The van der Waals surface area contributed by atoms with Gasteiger partial charge in [-0.05, 0) is 14.0 Å². The molecular formula is C15H26F3N7O. The maximum absolute atomic E-state index is 13.3. The molecule has 1 saturated heterocycles. The zero-order chi connectivity index (χ0) is 19.3. The van der Waals surface area contributed by atoms with Gasteiger partial charge in [-0.15, -0.1) is 10.2 Å². The topological polar surface area (TPSA) is 78.3 Å². The molecule has 0 aliphatic carbocycles. The van der Waals surface area contributed by atoms with E-state index in [1.807, 2.05) is 14.0 Å². The number of aromatic nitrogens is 3. The predicted octanol–water partition coefficient (Wildman–Crippen LogP) is -0.492. The fraction of sp³-hybridized carbons (Fsp3) is 0.800. The SMILES string of the molecule is Cc1nnc(CN(C)CC(=O)NCC(N2CCNCC2)C(F)(F)F)n1C. The van der Waals surface area contributed by atoms with Crippen LogP contribution < -0.4 is 10.6 Å². The van der Waals surface area contributed by atoms with Crippen LogP contribution in [0, 0.1) is 6.92 Å². The highest BCUT2D eigenvalue weighted by molar-refractivity contribution is 5.78. The third-order valence-electron chi connectivity index (χ3n) is 4.47. The van der Waals surface area contributed by atoms with E-state index in [0.717, 1.165) is 5.82 Å². The second-order valence-corrected chi connectivity index (χ2v) is 6.54. The van der Waals surface area contributed by atoms with Gasteiger partial charge in [0.1, 0.15) is 17.7 Å². The van der Waals surface area contributed by atoms with Crippen molar-refractivity contribution in [2.45, 2.75) is 25.7 Å². The van der Waals surface area contributed by atoms with Crippen molar-refractivity contribution in [1.82, 2.24) is 35.2 Å². The van der Waals surface area contributed by atoms with E-state index >= 15 is 0 Å². The van der Waals surface area contributed by atoms with Crippen LogP contribution in [0.5, 0.6) is 0 Å². The third kappa shape index (κ3) is 5.64. The molecule has 0 bridgehead atoms. The molecule has 2 heterocycles. The summed E-state index contributed by atoms with van der Waals surface area (Å²) >= 11 is 0. The smallest absolute Gasteiger partial charge is 0.353 e. The molecule has 11 heteroatoms. The lowest BCUT2D eigenvalue weighted by Crippen LogP contribution is -2.57. The number of rotatable bonds is 7. The highest BCUT2D eigenvalue weighted by Gasteiger charge is 2.43. The number of hydrogen-bond donors (Lipinski definition) is 2. The minimum atomic E-state index is -4.38. The van der Waals surface area contributed by atoms with Crippen molar-refractivity contribution < 1.29 is 18.0 Å². The van der Waals surface area contributed by atoms with E-state index in [0.29, 0.717) is 38.5 Å². The van der Waals surface area contributed by atoms with Gasteiger partial charge in [0.05, 0.1) is 13.1 Å². The first-order valence-electron chi connectivity index (χ1n) is 8.50. The van der Waals surface area contributed by atoms with Crippen molar-refractivity contribution in [2.75, 3.05) is 46.3 Å². The molecule has 1 unspecified atom stereocenters. The van der Waals surface area contributed by atoms with Gasteiger partial charge >= 0.3 is 6.18 Å². The molecule has 0 aromatic carbocycles. The summed E-state index contributed by atoms with van der Waals surface area (Å²) in [6, 6.07) is -1.67. The molecule has 8 nitrogen and oxygen atoms in total. The lowest BCUT2D eigenvalue weighted by molar-refractivity contribution is -0.184. The monoisotopic (exact) mass is 377 g/mol. The molecule has 26 heavy (non-hydrogen) atoms. The Kier molecular flexibility index (Phi) is 6.95. The number of alkyl halides is 3. The van der Waals surface area contributed by atoms with Gasteiger partial charge in [-0.25, -0.2) is 0 Å². The van der Waals surface area contributed by atoms with Crippen LogP contribution in [0.15, 0.2) is 0 Å². The summed E-state index contributed by atoms with van der Waals surface area (Å²) in [5.74, 6) is 0.990. The molecule has 1 amide bonds. The minimum Gasteiger partial charge on any atom is -0.353 e. The maximum Gasteiger partial charge on any atom is 0.405 e. The number of halogens is 3. The van der Waals surface area contributed by atoms with Gasteiger partial charge in [-0.2, -0.15) is 13.2 Å². The quantitative estimate of drug-likeness (QED) is 0.668. The lowest BCUT2D eigenvalue weighted by Gasteiger charge is -2.36. The molecule has 1 aliphatic rings. The number of nitrogens with one attached hydrogen (secondary N) is 2. The Morgan fingerprint density at radius 1 is 1.35 bits per heavy atom. The number of aryl methyl sites for hydroxylation is 1. The Morgan fingerprint density at radius 2 is 2.00 bits per heavy atom. The first-order valence-corrected chi connectivity index (χ1v) is 8.50. The van der Waals surface area contributed by atoms with Crippen LogP contribution in [0.2, 0.25) is 0 Å². The van der Waals surface area contributed by atoms with Crippen LogP contribution in [-0.2, 0) is 18.4 Å². The number of carbonyl (C=O) groups is 1.